The maximum atomic E-state index is 13.2. The number of aromatic nitrogens is 4. The fraction of sp³-hybridized carbons (Fsp3) is 0.308. The third kappa shape index (κ3) is 4.58. The number of aromatic amines is 1. The fourth-order valence-corrected chi connectivity index (χ4v) is 4.70. The molecule has 1 fully saturated rings. The molecule has 1 unspecified atom stereocenters. The zero-order valence-corrected chi connectivity index (χ0v) is 19.0. The zero-order valence-electron chi connectivity index (χ0n) is 19.0. The average molecular weight is 441 g/mol. The molecule has 4 heterocycles. The van der Waals surface area contributed by atoms with Crippen LogP contribution in [0.25, 0.3) is 10.9 Å². The predicted molar refractivity (Wildman–Crippen MR) is 129 cm³/mol. The molecular formula is C26H28N6O. The second-order valence-corrected chi connectivity index (χ2v) is 8.65. The number of rotatable bonds is 6. The summed E-state index contributed by atoms with van der Waals surface area (Å²) < 4.78 is 0. The van der Waals surface area contributed by atoms with Crippen molar-refractivity contribution in [3.63, 3.8) is 0 Å². The Morgan fingerprint density at radius 1 is 1.09 bits per heavy atom. The summed E-state index contributed by atoms with van der Waals surface area (Å²) in [6.45, 7) is 4.67. The van der Waals surface area contributed by atoms with Gasteiger partial charge in [0.25, 0.3) is 0 Å². The Balaban J connectivity index is 1.29. The lowest BCUT2D eigenvalue weighted by Crippen LogP contribution is -2.31. The molecule has 33 heavy (non-hydrogen) atoms. The highest BCUT2D eigenvalue weighted by Crippen LogP contribution is 2.32. The van der Waals surface area contributed by atoms with E-state index < -0.39 is 0 Å². The minimum Gasteiger partial charge on any atom is -0.361 e. The van der Waals surface area contributed by atoms with E-state index in [1.807, 2.05) is 61.3 Å². The van der Waals surface area contributed by atoms with Crippen molar-refractivity contribution < 1.29 is 4.79 Å². The lowest BCUT2D eigenvalue weighted by atomic mass is 10.1. The molecule has 5 rings (SSSR count). The minimum atomic E-state index is 0.00221. The zero-order chi connectivity index (χ0) is 22.8. The number of pyridine rings is 1. The van der Waals surface area contributed by atoms with Gasteiger partial charge in [0.1, 0.15) is 5.82 Å². The van der Waals surface area contributed by atoms with Gasteiger partial charge in [-0.3, -0.25) is 4.79 Å². The summed E-state index contributed by atoms with van der Waals surface area (Å²) in [4.78, 5) is 32.1. The largest absolute Gasteiger partial charge is 0.361 e. The second kappa shape index (κ2) is 9.02. The van der Waals surface area contributed by atoms with Gasteiger partial charge in [0.05, 0.1) is 11.7 Å². The number of likely N-dealkylation sites (tertiary alicyclic amines) is 1. The van der Waals surface area contributed by atoms with Crippen LogP contribution in [0.3, 0.4) is 0 Å². The van der Waals surface area contributed by atoms with Crippen molar-refractivity contribution in [3.8, 4) is 0 Å². The molecule has 3 aromatic heterocycles. The predicted octanol–water partition coefficient (Wildman–Crippen LogP) is 5.01. The summed E-state index contributed by atoms with van der Waals surface area (Å²) in [5, 5.41) is 4.41. The van der Waals surface area contributed by atoms with Crippen molar-refractivity contribution in [3.05, 3.63) is 77.4 Å². The van der Waals surface area contributed by atoms with Crippen molar-refractivity contribution in [2.45, 2.75) is 45.6 Å². The van der Waals surface area contributed by atoms with Crippen molar-refractivity contribution in [2.24, 2.45) is 0 Å². The normalized spacial score (nSPS) is 15.8. The van der Waals surface area contributed by atoms with E-state index in [4.69, 9.17) is 4.98 Å². The summed E-state index contributed by atoms with van der Waals surface area (Å²) in [7, 11) is 0. The molecule has 1 aliphatic heterocycles. The lowest BCUT2D eigenvalue weighted by Gasteiger charge is -2.24. The van der Waals surface area contributed by atoms with E-state index >= 15 is 0 Å². The molecule has 0 spiro atoms. The van der Waals surface area contributed by atoms with Gasteiger partial charge >= 0.3 is 0 Å². The first kappa shape index (κ1) is 21.1. The number of nitrogens with zero attached hydrogens (tertiary/aromatic N) is 4. The first-order valence-electron chi connectivity index (χ1n) is 11.5. The number of carbonyl (C=O) groups is 1. The molecule has 0 saturated carbocycles. The first-order valence-corrected chi connectivity index (χ1v) is 11.5. The molecule has 0 aliphatic carbocycles. The molecule has 1 saturated heterocycles. The maximum absolute atomic E-state index is 13.2. The second-order valence-electron chi connectivity index (χ2n) is 8.65. The Morgan fingerprint density at radius 3 is 2.76 bits per heavy atom. The minimum absolute atomic E-state index is 0.00221. The summed E-state index contributed by atoms with van der Waals surface area (Å²) in [6, 6.07) is 16.0. The molecule has 7 nitrogen and oxygen atoms in total. The molecule has 0 bridgehead atoms. The average Bonchev–Trinajstić information content (AvgIpc) is 3.44. The number of para-hydroxylation sites is 1. The van der Waals surface area contributed by atoms with E-state index in [-0.39, 0.29) is 11.9 Å². The van der Waals surface area contributed by atoms with E-state index in [1.54, 1.807) is 0 Å². The smallest absolute Gasteiger partial charge is 0.228 e. The van der Waals surface area contributed by atoms with Crippen LogP contribution in [0.2, 0.25) is 0 Å². The number of H-pyrrole nitrogens is 1. The molecular weight excluding hydrogens is 412 g/mol. The summed E-state index contributed by atoms with van der Waals surface area (Å²) in [5.41, 5.74) is 5.02. The number of benzene rings is 1. The van der Waals surface area contributed by atoms with Crippen LogP contribution in [0.5, 0.6) is 0 Å². The van der Waals surface area contributed by atoms with E-state index in [2.05, 4.69) is 32.4 Å². The Bertz CT molecular complexity index is 1280. The van der Waals surface area contributed by atoms with Crippen molar-refractivity contribution in [1.82, 2.24) is 24.8 Å². The van der Waals surface area contributed by atoms with Crippen molar-refractivity contribution in [1.29, 1.82) is 0 Å². The highest BCUT2D eigenvalue weighted by Gasteiger charge is 2.30. The summed E-state index contributed by atoms with van der Waals surface area (Å²) in [6.07, 6.45) is 5.15. The molecule has 4 aromatic rings. The van der Waals surface area contributed by atoms with E-state index in [1.165, 1.54) is 10.9 Å². The van der Waals surface area contributed by atoms with E-state index in [0.29, 0.717) is 18.2 Å². The lowest BCUT2D eigenvalue weighted by molar-refractivity contribution is -0.132. The standard InChI is InChI=1S/C26H28N6O/c1-17-15-18(2)29-26(28-17)31-24-11-5-9-22(30-24)23-10-6-14-32(23)25(33)13-12-19-16-27-21-8-4-3-7-20(19)21/h3-5,7-9,11,15-16,23,27H,6,10,12-14H2,1-2H3,(H,28,29,30,31). The van der Waals surface area contributed by atoms with Gasteiger partial charge in [-0.15, -0.1) is 0 Å². The van der Waals surface area contributed by atoms with Crippen LogP contribution in [0.4, 0.5) is 11.8 Å². The fourth-order valence-electron chi connectivity index (χ4n) is 4.70. The van der Waals surface area contributed by atoms with Gasteiger partial charge < -0.3 is 15.2 Å². The third-order valence-corrected chi connectivity index (χ3v) is 6.19. The Hall–Kier alpha value is -3.74. The molecule has 1 aromatic carbocycles. The SMILES string of the molecule is Cc1cc(C)nc(Nc2cccc(C3CCCN3C(=O)CCc3c[nH]c4ccccc34)n2)n1. The molecule has 1 aliphatic rings. The molecule has 2 N–H and O–H groups in total. The maximum Gasteiger partial charge on any atom is 0.228 e. The Kier molecular flexibility index (Phi) is 5.77. The topological polar surface area (TPSA) is 86.8 Å². The van der Waals surface area contributed by atoms with E-state index in [0.717, 1.165) is 48.4 Å². The van der Waals surface area contributed by atoms with Crippen LogP contribution < -0.4 is 5.32 Å². The van der Waals surface area contributed by atoms with Gasteiger partial charge in [0.2, 0.25) is 11.9 Å². The Morgan fingerprint density at radius 2 is 1.91 bits per heavy atom. The van der Waals surface area contributed by atoms with Crippen LogP contribution in [0, 0.1) is 13.8 Å². The quantitative estimate of drug-likeness (QED) is 0.440. The number of nitrogens with one attached hydrogen (secondary N) is 2. The van der Waals surface area contributed by atoms with Crippen LogP contribution >= 0.6 is 0 Å². The molecule has 1 amide bonds. The highest BCUT2D eigenvalue weighted by molar-refractivity contribution is 5.84. The van der Waals surface area contributed by atoms with Crippen molar-refractivity contribution >= 4 is 28.6 Å². The number of hydrogen-bond acceptors (Lipinski definition) is 5. The number of fused-ring (bicyclic) bond motifs is 1. The van der Waals surface area contributed by atoms with Gasteiger partial charge in [-0.25, -0.2) is 15.0 Å². The molecule has 1 atom stereocenters. The van der Waals surface area contributed by atoms with Gasteiger partial charge in [0, 0.05) is 41.5 Å². The molecule has 7 heteroatoms. The monoisotopic (exact) mass is 440 g/mol. The van der Waals surface area contributed by atoms with Crippen LogP contribution in [0.1, 0.15) is 47.9 Å². The van der Waals surface area contributed by atoms with Gasteiger partial charge in [-0.05, 0) is 62.9 Å². The van der Waals surface area contributed by atoms with Crippen molar-refractivity contribution in [2.75, 3.05) is 11.9 Å². The highest BCUT2D eigenvalue weighted by atomic mass is 16.2. The number of carbonyl (C=O) groups excluding carboxylic acids is 1. The first-order chi connectivity index (χ1) is 16.1. The number of hydrogen-bond donors (Lipinski definition) is 2. The van der Waals surface area contributed by atoms with Gasteiger partial charge in [-0.1, -0.05) is 24.3 Å². The number of aryl methyl sites for hydroxylation is 3. The Labute approximate surface area is 193 Å². The number of amides is 1. The molecule has 0 radical (unpaired) electrons. The van der Waals surface area contributed by atoms with Crippen LogP contribution in [-0.4, -0.2) is 37.3 Å². The van der Waals surface area contributed by atoms with Gasteiger partial charge in [-0.2, -0.15) is 0 Å². The summed E-state index contributed by atoms with van der Waals surface area (Å²) in [5.74, 6) is 1.41. The van der Waals surface area contributed by atoms with E-state index in [9.17, 15) is 4.79 Å². The molecule has 168 valence electrons. The van der Waals surface area contributed by atoms with Crippen LogP contribution in [-0.2, 0) is 11.2 Å². The third-order valence-electron chi connectivity index (χ3n) is 6.19. The summed E-state index contributed by atoms with van der Waals surface area (Å²) >= 11 is 0. The number of anilines is 2. The van der Waals surface area contributed by atoms with Gasteiger partial charge in [0.15, 0.2) is 0 Å². The van der Waals surface area contributed by atoms with Crippen LogP contribution in [0.15, 0.2) is 54.7 Å².